The first-order chi connectivity index (χ1) is 8.63. The number of likely N-dealkylation sites (tertiary alicyclic amines) is 1. The van der Waals surface area contributed by atoms with Crippen LogP contribution in [0.5, 0.6) is 11.5 Å². The van der Waals surface area contributed by atoms with Crippen LogP contribution in [0.25, 0.3) is 0 Å². The molecule has 0 aliphatic carbocycles. The lowest BCUT2D eigenvalue weighted by Gasteiger charge is -2.21. The Morgan fingerprint density at radius 2 is 2.28 bits per heavy atom. The van der Waals surface area contributed by atoms with Crippen LogP contribution in [0.15, 0.2) is 18.2 Å². The Hall–Kier alpha value is -1.26. The molecular formula is C14H22N2O2. The summed E-state index contributed by atoms with van der Waals surface area (Å²) in [6.07, 6.45) is 1.15. The van der Waals surface area contributed by atoms with Crippen LogP contribution in [0.3, 0.4) is 0 Å². The van der Waals surface area contributed by atoms with Gasteiger partial charge in [-0.25, -0.2) is 0 Å². The molecule has 1 aliphatic rings. The number of nitrogens with zero attached hydrogens (tertiary/aromatic N) is 1. The number of aromatic hydroxyl groups is 1. The van der Waals surface area contributed by atoms with Crippen molar-refractivity contribution in [3.8, 4) is 11.5 Å². The van der Waals surface area contributed by atoms with Crippen molar-refractivity contribution in [2.45, 2.75) is 25.9 Å². The second kappa shape index (κ2) is 5.59. The Morgan fingerprint density at radius 3 is 2.83 bits per heavy atom. The van der Waals surface area contributed by atoms with E-state index >= 15 is 0 Å². The van der Waals surface area contributed by atoms with Crippen LogP contribution in [-0.4, -0.2) is 36.2 Å². The van der Waals surface area contributed by atoms with Crippen molar-refractivity contribution < 1.29 is 9.84 Å². The fourth-order valence-corrected chi connectivity index (χ4v) is 2.63. The van der Waals surface area contributed by atoms with Gasteiger partial charge < -0.3 is 15.6 Å². The number of ether oxygens (including phenoxy) is 1. The molecule has 0 aromatic heterocycles. The molecule has 2 rings (SSSR count). The molecule has 0 bridgehead atoms. The third-order valence-corrected chi connectivity index (χ3v) is 3.79. The Morgan fingerprint density at radius 1 is 1.50 bits per heavy atom. The van der Waals surface area contributed by atoms with E-state index in [0.717, 1.165) is 31.6 Å². The summed E-state index contributed by atoms with van der Waals surface area (Å²) in [7, 11) is 1.60. The SMILES string of the molecule is COc1ccc(CN2CC(CN)CC2C)c(O)c1. The van der Waals surface area contributed by atoms with Crippen molar-refractivity contribution in [2.24, 2.45) is 11.7 Å². The van der Waals surface area contributed by atoms with E-state index in [0.29, 0.717) is 23.5 Å². The van der Waals surface area contributed by atoms with Crippen LogP contribution < -0.4 is 10.5 Å². The minimum absolute atomic E-state index is 0.303. The number of phenols is 1. The maximum atomic E-state index is 9.96. The van der Waals surface area contributed by atoms with Crippen molar-refractivity contribution in [3.63, 3.8) is 0 Å². The molecular weight excluding hydrogens is 228 g/mol. The molecule has 2 atom stereocenters. The average molecular weight is 250 g/mol. The predicted octanol–water partition coefficient (Wildman–Crippen LogP) is 1.57. The molecule has 0 spiro atoms. The number of hydrogen-bond donors (Lipinski definition) is 2. The van der Waals surface area contributed by atoms with Crippen molar-refractivity contribution >= 4 is 0 Å². The monoisotopic (exact) mass is 250 g/mol. The summed E-state index contributed by atoms with van der Waals surface area (Å²) in [6.45, 7) is 4.75. The molecule has 0 radical (unpaired) electrons. The normalized spacial score (nSPS) is 24.4. The van der Waals surface area contributed by atoms with Gasteiger partial charge in [0.1, 0.15) is 11.5 Å². The molecule has 1 heterocycles. The van der Waals surface area contributed by atoms with Crippen LogP contribution in [0.2, 0.25) is 0 Å². The minimum atomic E-state index is 0.303. The Labute approximate surface area is 108 Å². The summed E-state index contributed by atoms with van der Waals surface area (Å²) in [6, 6.07) is 6.00. The zero-order chi connectivity index (χ0) is 13.1. The van der Waals surface area contributed by atoms with E-state index in [2.05, 4.69) is 11.8 Å². The highest BCUT2D eigenvalue weighted by Crippen LogP contribution is 2.29. The van der Waals surface area contributed by atoms with Gasteiger partial charge in [-0.1, -0.05) is 6.07 Å². The average Bonchev–Trinajstić information content (AvgIpc) is 2.72. The highest BCUT2D eigenvalue weighted by molar-refractivity contribution is 5.39. The summed E-state index contributed by atoms with van der Waals surface area (Å²) in [5.41, 5.74) is 6.67. The van der Waals surface area contributed by atoms with Gasteiger partial charge in [0, 0.05) is 30.8 Å². The molecule has 1 fully saturated rings. The van der Waals surface area contributed by atoms with Gasteiger partial charge in [0.25, 0.3) is 0 Å². The highest BCUT2D eigenvalue weighted by atomic mass is 16.5. The first kappa shape index (κ1) is 13.2. The largest absolute Gasteiger partial charge is 0.507 e. The van der Waals surface area contributed by atoms with Gasteiger partial charge >= 0.3 is 0 Å². The van der Waals surface area contributed by atoms with Gasteiger partial charge in [-0.05, 0) is 31.9 Å². The minimum Gasteiger partial charge on any atom is -0.507 e. The van der Waals surface area contributed by atoms with Crippen LogP contribution in [0.4, 0.5) is 0 Å². The highest BCUT2D eigenvalue weighted by Gasteiger charge is 2.28. The quantitative estimate of drug-likeness (QED) is 0.851. The Kier molecular flexibility index (Phi) is 4.09. The molecule has 2 unspecified atom stereocenters. The second-order valence-electron chi connectivity index (χ2n) is 5.11. The standard InChI is InChI=1S/C14H22N2O2/c1-10-5-11(7-15)8-16(10)9-12-3-4-13(18-2)6-14(12)17/h3-4,6,10-11,17H,5,7-9,15H2,1-2H3. The molecule has 1 aromatic rings. The molecule has 1 aromatic carbocycles. The third kappa shape index (κ3) is 2.76. The van der Waals surface area contributed by atoms with Crippen molar-refractivity contribution in [1.29, 1.82) is 0 Å². The van der Waals surface area contributed by atoms with E-state index in [1.54, 1.807) is 13.2 Å². The topological polar surface area (TPSA) is 58.7 Å². The Bertz CT molecular complexity index is 409. The number of phenolic OH excluding ortho intramolecular Hbond substituents is 1. The molecule has 1 aliphatic heterocycles. The molecule has 0 amide bonds. The van der Waals surface area contributed by atoms with Crippen LogP contribution in [0, 0.1) is 5.92 Å². The van der Waals surface area contributed by atoms with Gasteiger partial charge in [-0.3, -0.25) is 4.90 Å². The van der Waals surface area contributed by atoms with Crippen molar-refractivity contribution in [1.82, 2.24) is 4.90 Å². The number of methoxy groups -OCH3 is 1. The maximum absolute atomic E-state index is 9.96. The van der Waals surface area contributed by atoms with Crippen molar-refractivity contribution in [3.05, 3.63) is 23.8 Å². The summed E-state index contributed by atoms with van der Waals surface area (Å²) in [5, 5.41) is 9.96. The molecule has 0 saturated carbocycles. The van der Waals surface area contributed by atoms with Gasteiger partial charge in [0.15, 0.2) is 0 Å². The summed E-state index contributed by atoms with van der Waals surface area (Å²) >= 11 is 0. The first-order valence-electron chi connectivity index (χ1n) is 6.44. The third-order valence-electron chi connectivity index (χ3n) is 3.79. The van der Waals surface area contributed by atoms with Crippen LogP contribution >= 0.6 is 0 Å². The lowest BCUT2D eigenvalue weighted by atomic mass is 10.1. The van der Waals surface area contributed by atoms with Crippen molar-refractivity contribution in [2.75, 3.05) is 20.2 Å². The molecule has 100 valence electrons. The zero-order valence-electron chi connectivity index (χ0n) is 11.1. The van der Waals surface area contributed by atoms with E-state index in [4.69, 9.17) is 10.5 Å². The number of hydrogen-bond acceptors (Lipinski definition) is 4. The predicted molar refractivity (Wildman–Crippen MR) is 71.7 cm³/mol. The maximum Gasteiger partial charge on any atom is 0.123 e. The fourth-order valence-electron chi connectivity index (χ4n) is 2.63. The lowest BCUT2D eigenvalue weighted by molar-refractivity contribution is 0.252. The number of rotatable bonds is 4. The van der Waals surface area contributed by atoms with Gasteiger partial charge in [-0.15, -0.1) is 0 Å². The van der Waals surface area contributed by atoms with Gasteiger partial charge in [-0.2, -0.15) is 0 Å². The molecule has 4 nitrogen and oxygen atoms in total. The molecule has 18 heavy (non-hydrogen) atoms. The zero-order valence-corrected chi connectivity index (χ0v) is 11.1. The Balaban J connectivity index is 2.05. The summed E-state index contributed by atoms with van der Waals surface area (Å²) in [5.74, 6) is 1.57. The van der Waals surface area contributed by atoms with Crippen LogP contribution in [-0.2, 0) is 6.54 Å². The fraction of sp³-hybridized carbons (Fsp3) is 0.571. The van der Waals surface area contributed by atoms with E-state index < -0.39 is 0 Å². The summed E-state index contributed by atoms with van der Waals surface area (Å²) in [4.78, 5) is 2.37. The lowest BCUT2D eigenvalue weighted by Crippen LogP contribution is -2.27. The first-order valence-corrected chi connectivity index (χ1v) is 6.44. The second-order valence-corrected chi connectivity index (χ2v) is 5.11. The van der Waals surface area contributed by atoms with E-state index in [1.165, 1.54) is 0 Å². The van der Waals surface area contributed by atoms with E-state index in [-0.39, 0.29) is 0 Å². The van der Waals surface area contributed by atoms with E-state index in [1.807, 2.05) is 12.1 Å². The number of nitrogens with two attached hydrogens (primary N) is 1. The molecule has 4 heteroatoms. The van der Waals surface area contributed by atoms with Crippen LogP contribution in [0.1, 0.15) is 18.9 Å². The molecule has 1 saturated heterocycles. The van der Waals surface area contributed by atoms with Gasteiger partial charge in [0.05, 0.1) is 7.11 Å². The smallest absolute Gasteiger partial charge is 0.123 e. The summed E-state index contributed by atoms with van der Waals surface area (Å²) < 4.78 is 5.09. The van der Waals surface area contributed by atoms with Gasteiger partial charge in [0.2, 0.25) is 0 Å². The van der Waals surface area contributed by atoms with E-state index in [9.17, 15) is 5.11 Å². The molecule has 3 N–H and O–H groups in total. The number of benzene rings is 1.